The van der Waals surface area contributed by atoms with Crippen LogP contribution in [-0.2, 0) is 15.2 Å². The Morgan fingerprint density at radius 3 is 2.38 bits per heavy atom. The molecular weight excluding hydrogens is 333 g/mol. The normalized spacial score (nSPS) is 12.1. The summed E-state index contributed by atoms with van der Waals surface area (Å²) < 4.78 is 60.8. The largest absolute Gasteiger partial charge is 0.417 e. The van der Waals surface area contributed by atoms with Crippen LogP contribution in [0.5, 0.6) is 0 Å². The van der Waals surface area contributed by atoms with Gasteiger partial charge in [0.05, 0.1) is 11.8 Å². The van der Waals surface area contributed by atoms with Gasteiger partial charge in [0.1, 0.15) is 11.6 Å². The van der Waals surface area contributed by atoms with Crippen molar-refractivity contribution in [1.29, 1.82) is 5.26 Å². The minimum absolute atomic E-state index is 0.219. The van der Waals surface area contributed by atoms with Crippen LogP contribution in [0.1, 0.15) is 11.1 Å². The Bertz CT molecular complexity index is 821. The second-order valence-electron chi connectivity index (χ2n) is 3.73. The Balaban J connectivity index is 2.59. The summed E-state index contributed by atoms with van der Waals surface area (Å²) in [7, 11) is 0.864. The Hall–Kier alpha value is -2.12. The average molecular weight is 337 g/mol. The number of halogens is 4. The van der Waals surface area contributed by atoms with Crippen LogP contribution in [-0.4, -0.2) is 23.2 Å². The molecule has 0 radical (unpaired) electrons. The second kappa shape index (κ2) is 5.01. The predicted octanol–water partition coefficient (Wildman–Crippen LogP) is 2.09. The van der Waals surface area contributed by atoms with Crippen molar-refractivity contribution >= 4 is 19.7 Å². The van der Waals surface area contributed by atoms with E-state index in [1.807, 2.05) is 0 Å². The number of pyridine rings is 1. The molecule has 0 unspecified atom stereocenters. The maximum absolute atomic E-state index is 12.4. The van der Waals surface area contributed by atoms with Crippen LogP contribution in [0.3, 0.4) is 0 Å². The maximum atomic E-state index is 12.4. The molecule has 2 rings (SSSR count). The lowest BCUT2D eigenvalue weighted by Gasteiger charge is -2.08. The molecule has 110 valence electrons. The van der Waals surface area contributed by atoms with E-state index in [9.17, 15) is 21.6 Å². The van der Waals surface area contributed by atoms with E-state index in [-0.39, 0.29) is 11.4 Å². The molecule has 6 nitrogen and oxygen atoms in total. The number of hydrogen-bond acceptors (Lipinski definition) is 5. The minimum atomic E-state index is -4.57. The van der Waals surface area contributed by atoms with E-state index in [4.69, 9.17) is 15.9 Å². The van der Waals surface area contributed by atoms with Gasteiger partial charge in [0, 0.05) is 16.9 Å². The first-order chi connectivity index (χ1) is 9.64. The monoisotopic (exact) mass is 336 g/mol. The SMILES string of the molecule is N#Cc1cnn(-c2ccc(C(F)(F)F)cn2)c1S(=O)(=O)Cl. The molecule has 0 aliphatic rings. The zero-order chi connectivity index (χ0) is 15.8. The van der Waals surface area contributed by atoms with Crippen LogP contribution >= 0.6 is 10.7 Å². The fourth-order valence-corrected chi connectivity index (χ4v) is 2.64. The summed E-state index contributed by atoms with van der Waals surface area (Å²) >= 11 is 0. The molecule has 0 saturated heterocycles. The summed E-state index contributed by atoms with van der Waals surface area (Å²) in [6, 6.07) is 3.20. The maximum Gasteiger partial charge on any atom is 0.417 e. The molecule has 2 heterocycles. The number of rotatable bonds is 2. The Labute approximate surface area is 120 Å². The summed E-state index contributed by atoms with van der Waals surface area (Å²) in [4.78, 5) is 3.49. The highest BCUT2D eigenvalue weighted by Crippen LogP contribution is 2.29. The van der Waals surface area contributed by atoms with Crippen molar-refractivity contribution in [1.82, 2.24) is 14.8 Å². The van der Waals surface area contributed by atoms with Crippen molar-refractivity contribution in [3.05, 3.63) is 35.7 Å². The first kappa shape index (κ1) is 15.3. The molecular formula is C10H4ClF3N4O2S. The summed E-state index contributed by atoms with van der Waals surface area (Å²) in [5.41, 5.74) is -1.35. The lowest BCUT2D eigenvalue weighted by molar-refractivity contribution is -0.137. The molecule has 0 fully saturated rings. The van der Waals surface area contributed by atoms with Crippen LogP contribution in [0.2, 0.25) is 0 Å². The lowest BCUT2D eigenvalue weighted by Crippen LogP contribution is -2.10. The molecule has 0 amide bonds. The van der Waals surface area contributed by atoms with Crippen molar-refractivity contribution in [2.75, 3.05) is 0 Å². The molecule has 0 spiro atoms. The van der Waals surface area contributed by atoms with E-state index in [1.54, 1.807) is 6.07 Å². The first-order valence-electron chi connectivity index (χ1n) is 5.11. The molecule has 2 aromatic heterocycles. The third-order valence-electron chi connectivity index (χ3n) is 2.37. The first-order valence-corrected chi connectivity index (χ1v) is 7.42. The van der Waals surface area contributed by atoms with Gasteiger partial charge < -0.3 is 0 Å². The van der Waals surface area contributed by atoms with E-state index in [2.05, 4.69) is 10.1 Å². The zero-order valence-corrected chi connectivity index (χ0v) is 11.4. The van der Waals surface area contributed by atoms with E-state index in [0.29, 0.717) is 16.9 Å². The highest BCUT2D eigenvalue weighted by atomic mass is 35.7. The third-order valence-corrected chi connectivity index (χ3v) is 3.66. The third kappa shape index (κ3) is 2.98. The van der Waals surface area contributed by atoms with Gasteiger partial charge in [0.2, 0.25) is 0 Å². The van der Waals surface area contributed by atoms with E-state index >= 15 is 0 Å². The van der Waals surface area contributed by atoms with E-state index < -0.39 is 25.8 Å². The molecule has 11 heteroatoms. The van der Waals surface area contributed by atoms with Crippen LogP contribution < -0.4 is 0 Å². The zero-order valence-electron chi connectivity index (χ0n) is 9.83. The second-order valence-corrected chi connectivity index (χ2v) is 6.21. The highest BCUT2D eigenvalue weighted by molar-refractivity contribution is 8.13. The van der Waals surface area contributed by atoms with Gasteiger partial charge in [-0.2, -0.15) is 23.5 Å². The summed E-state index contributed by atoms with van der Waals surface area (Å²) in [5.74, 6) is -0.219. The smallest absolute Gasteiger partial charge is 0.236 e. The van der Waals surface area contributed by atoms with Crippen molar-refractivity contribution in [2.24, 2.45) is 0 Å². The van der Waals surface area contributed by atoms with Crippen LogP contribution in [0.25, 0.3) is 5.82 Å². The quantitative estimate of drug-likeness (QED) is 0.783. The number of alkyl halides is 3. The van der Waals surface area contributed by atoms with Gasteiger partial charge in [-0.05, 0) is 12.1 Å². The Morgan fingerprint density at radius 1 is 1.29 bits per heavy atom. The number of aromatic nitrogens is 3. The van der Waals surface area contributed by atoms with Crippen LogP contribution in [0, 0.1) is 11.3 Å². The van der Waals surface area contributed by atoms with Crippen molar-refractivity contribution in [3.63, 3.8) is 0 Å². The van der Waals surface area contributed by atoms with Gasteiger partial charge in [-0.25, -0.2) is 18.1 Å². The van der Waals surface area contributed by atoms with Gasteiger partial charge in [-0.1, -0.05) is 0 Å². The summed E-state index contributed by atoms with van der Waals surface area (Å²) in [6.07, 6.45) is -3.13. The van der Waals surface area contributed by atoms with Crippen molar-refractivity contribution in [3.8, 4) is 11.9 Å². The molecule has 0 saturated carbocycles. The Morgan fingerprint density at radius 2 is 1.95 bits per heavy atom. The average Bonchev–Trinajstić information content (AvgIpc) is 2.81. The molecule has 0 atom stereocenters. The predicted molar refractivity (Wildman–Crippen MR) is 64.1 cm³/mol. The summed E-state index contributed by atoms with van der Waals surface area (Å²) in [5, 5.41) is 11.7. The van der Waals surface area contributed by atoms with Gasteiger partial charge >= 0.3 is 6.18 Å². The number of nitrogens with zero attached hydrogens (tertiary/aromatic N) is 4. The van der Waals surface area contributed by atoms with E-state index in [0.717, 1.165) is 12.3 Å². The van der Waals surface area contributed by atoms with Gasteiger partial charge in [0.25, 0.3) is 9.05 Å². The molecule has 21 heavy (non-hydrogen) atoms. The van der Waals surface area contributed by atoms with E-state index in [1.165, 1.54) is 0 Å². The van der Waals surface area contributed by atoms with Gasteiger partial charge in [-0.15, -0.1) is 0 Å². The molecule has 0 aliphatic carbocycles. The van der Waals surface area contributed by atoms with Crippen LogP contribution in [0.4, 0.5) is 13.2 Å². The summed E-state index contributed by atoms with van der Waals surface area (Å²) in [6.45, 7) is 0. The van der Waals surface area contributed by atoms with Gasteiger partial charge in [-0.3, -0.25) is 0 Å². The molecule has 0 bridgehead atoms. The van der Waals surface area contributed by atoms with Crippen molar-refractivity contribution < 1.29 is 21.6 Å². The lowest BCUT2D eigenvalue weighted by atomic mass is 10.3. The van der Waals surface area contributed by atoms with Crippen molar-refractivity contribution in [2.45, 2.75) is 11.2 Å². The fourth-order valence-electron chi connectivity index (χ4n) is 1.49. The molecule has 2 aromatic rings. The molecule has 0 aromatic carbocycles. The highest BCUT2D eigenvalue weighted by Gasteiger charge is 2.31. The topological polar surface area (TPSA) is 88.6 Å². The Kier molecular flexibility index (Phi) is 3.65. The molecule has 0 N–H and O–H groups in total. The molecule has 0 aliphatic heterocycles. The van der Waals surface area contributed by atoms with Crippen LogP contribution in [0.15, 0.2) is 29.6 Å². The number of nitriles is 1. The standard InChI is InChI=1S/C10H4ClF3N4O2S/c11-21(19,20)9-6(3-15)4-17-18(9)8-2-1-7(5-16-8)10(12,13)14/h1-2,4-5H. The number of hydrogen-bond donors (Lipinski definition) is 0. The van der Waals surface area contributed by atoms with Gasteiger partial charge in [0.15, 0.2) is 10.8 Å². The fraction of sp³-hybridized carbons (Fsp3) is 0.100. The minimum Gasteiger partial charge on any atom is -0.236 e.